The van der Waals surface area contributed by atoms with Gasteiger partial charge in [-0.2, -0.15) is 0 Å². The number of hydrogen-bond acceptors (Lipinski definition) is 6. The quantitative estimate of drug-likeness (QED) is 0.676. The molecule has 0 aliphatic heterocycles. The average molecular weight is 319 g/mol. The molecule has 0 spiro atoms. The van der Waals surface area contributed by atoms with Crippen LogP contribution < -0.4 is 10.6 Å². The third-order valence-corrected chi connectivity index (χ3v) is 2.86. The van der Waals surface area contributed by atoms with Gasteiger partial charge in [0.15, 0.2) is 0 Å². The minimum Gasteiger partial charge on any atom is -0.382 e. The Morgan fingerprint density at radius 1 is 1.17 bits per heavy atom. The van der Waals surface area contributed by atoms with Crippen LogP contribution in [0.1, 0.15) is 6.92 Å². The van der Waals surface area contributed by atoms with Crippen molar-refractivity contribution in [3.05, 3.63) is 10.8 Å². The van der Waals surface area contributed by atoms with E-state index < -0.39 is 0 Å². The van der Waals surface area contributed by atoms with E-state index in [-0.39, 0.29) is 0 Å². The van der Waals surface area contributed by atoms with Gasteiger partial charge in [0, 0.05) is 20.2 Å². The molecule has 1 aromatic heterocycles. The molecule has 0 unspecified atom stereocenters. The van der Waals surface area contributed by atoms with Gasteiger partial charge in [0.1, 0.15) is 22.4 Å². The van der Waals surface area contributed by atoms with Gasteiger partial charge in [-0.05, 0) is 22.9 Å². The van der Waals surface area contributed by atoms with Crippen LogP contribution in [0.25, 0.3) is 0 Å². The second kappa shape index (κ2) is 9.07. The van der Waals surface area contributed by atoms with Crippen molar-refractivity contribution in [1.29, 1.82) is 0 Å². The molecule has 0 amide bonds. The summed E-state index contributed by atoms with van der Waals surface area (Å²) >= 11 is 3.47. The molecule has 18 heavy (non-hydrogen) atoms. The monoisotopic (exact) mass is 318 g/mol. The number of nitrogens with one attached hydrogen (secondary N) is 2. The summed E-state index contributed by atoms with van der Waals surface area (Å²) in [5.41, 5.74) is 0. The molecule has 102 valence electrons. The fourth-order valence-corrected chi connectivity index (χ4v) is 1.75. The average Bonchev–Trinajstić information content (AvgIpc) is 2.38. The highest BCUT2D eigenvalue weighted by Crippen LogP contribution is 2.25. The van der Waals surface area contributed by atoms with Crippen LogP contribution in [0.4, 0.5) is 11.6 Å². The number of hydrogen-bond donors (Lipinski definition) is 2. The topological polar surface area (TPSA) is 68.3 Å². The molecule has 0 saturated carbocycles. The van der Waals surface area contributed by atoms with E-state index in [1.54, 1.807) is 7.11 Å². The summed E-state index contributed by atoms with van der Waals surface area (Å²) in [6.07, 6.45) is 1.52. The summed E-state index contributed by atoms with van der Waals surface area (Å²) in [4.78, 5) is 8.31. The lowest BCUT2D eigenvalue weighted by Gasteiger charge is -2.10. The number of methoxy groups -OCH3 is 1. The van der Waals surface area contributed by atoms with Gasteiger partial charge in [-0.1, -0.05) is 0 Å². The van der Waals surface area contributed by atoms with E-state index in [1.165, 1.54) is 6.33 Å². The van der Waals surface area contributed by atoms with Crippen LogP contribution in [0.2, 0.25) is 0 Å². The van der Waals surface area contributed by atoms with Crippen LogP contribution in [-0.2, 0) is 9.47 Å². The molecule has 0 fully saturated rings. The Balaban J connectivity index is 2.35. The molecule has 0 atom stereocenters. The first-order valence-corrected chi connectivity index (χ1v) is 6.63. The molecular formula is C11H19BrN4O2. The van der Waals surface area contributed by atoms with E-state index in [2.05, 4.69) is 36.5 Å². The first kappa shape index (κ1) is 15.1. The van der Waals surface area contributed by atoms with E-state index in [9.17, 15) is 0 Å². The Morgan fingerprint density at radius 2 is 1.89 bits per heavy atom. The molecule has 1 aromatic rings. The number of halogens is 1. The van der Waals surface area contributed by atoms with Gasteiger partial charge in [0.25, 0.3) is 0 Å². The molecule has 1 heterocycles. The second-order valence-electron chi connectivity index (χ2n) is 3.45. The Kier molecular flexibility index (Phi) is 7.63. The van der Waals surface area contributed by atoms with Crippen molar-refractivity contribution in [1.82, 2.24) is 9.97 Å². The smallest absolute Gasteiger partial charge is 0.146 e. The molecule has 0 radical (unpaired) electrons. The minimum atomic E-state index is 0.603. The van der Waals surface area contributed by atoms with E-state index in [0.717, 1.165) is 22.7 Å². The van der Waals surface area contributed by atoms with E-state index in [0.29, 0.717) is 26.4 Å². The summed E-state index contributed by atoms with van der Waals surface area (Å²) in [6.45, 7) is 5.34. The van der Waals surface area contributed by atoms with E-state index >= 15 is 0 Å². The highest BCUT2D eigenvalue weighted by molar-refractivity contribution is 9.10. The van der Waals surface area contributed by atoms with Crippen LogP contribution in [0.3, 0.4) is 0 Å². The van der Waals surface area contributed by atoms with Gasteiger partial charge in [0.05, 0.1) is 19.8 Å². The summed E-state index contributed by atoms with van der Waals surface area (Å²) in [6, 6.07) is 0. The lowest BCUT2D eigenvalue weighted by Crippen LogP contribution is -2.13. The Morgan fingerprint density at radius 3 is 2.56 bits per heavy atom. The maximum Gasteiger partial charge on any atom is 0.146 e. The van der Waals surface area contributed by atoms with Gasteiger partial charge in [-0.25, -0.2) is 9.97 Å². The van der Waals surface area contributed by atoms with Gasteiger partial charge in [0.2, 0.25) is 0 Å². The second-order valence-corrected chi connectivity index (χ2v) is 4.24. The zero-order valence-corrected chi connectivity index (χ0v) is 12.3. The van der Waals surface area contributed by atoms with Crippen molar-refractivity contribution in [2.24, 2.45) is 0 Å². The van der Waals surface area contributed by atoms with Crippen molar-refractivity contribution < 1.29 is 9.47 Å². The summed E-state index contributed by atoms with van der Waals surface area (Å²) < 4.78 is 11.1. The Labute approximate surface area is 116 Å². The Hall–Kier alpha value is -0.920. The van der Waals surface area contributed by atoms with Crippen LogP contribution >= 0.6 is 15.9 Å². The van der Waals surface area contributed by atoms with E-state index in [4.69, 9.17) is 9.47 Å². The normalized spacial score (nSPS) is 10.4. The first-order valence-electron chi connectivity index (χ1n) is 5.84. The van der Waals surface area contributed by atoms with Crippen molar-refractivity contribution in [3.63, 3.8) is 0 Å². The third kappa shape index (κ3) is 5.16. The number of nitrogens with zero attached hydrogens (tertiary/aromatic N) is 2. The van der Waals surface area contributed by atoms with Gasteiger partial charge in [-0.3, -0.25) is 0 Å². The zero-order valence-electron chi connectivity index (χ0n) is 10.7. The van der Waals surface area contributed by atoms with Gasteiger partial charge in [-0.15, -0.1) is 0 Å². The molecule has 0 aliphatic carbocycles. The maximum atomic E-state index is 5.35. The summed E-state index contributed by atoms with van der Waals surface area (Å²) in [5, 5.41) is 6.33. The number of ether oxygens (including phenoxy) is 2. The predicted octanol–water partition coefficient (Wildman–Crippen LogP) is 1.75. The van der Waals surface area contributed by atoms with Gasteiger partial charge < -0.3 is 20.1 Å². The first-order chi connectivity index (χ1) is 8.79. The van der Waals surface area contributed by atoms with Crippen LogP contribution in [-0.4, -0.2) is 50.0 Å². The predicted molar refractivity (Wildman–Crippen MR) is 75.1 cm³/mol. The molecule has 0 aliphatic rings. The molecule has 0 bridgehead atoms. The number of rotatable bonds is 9. The van der Waals surface area contributed by atoms with Crippen molar-refractivity contribution in [2.75, 3.05) is 50.7 Å². The summed E-state index contributed by atoms with van der Waals surface area (Å²) in [5.74, 6) is 1.55. The number of aromatic nitrogens is 2. The lowest BCUT2D eigenvalue weighted by atomic mass is 10.5. The van der Waals surface area contributed by atoms with E-state index in [1.807, 2.05) is 6.92 Å². The molecular weight excluding hydrogens is 300 g/mol. The van der Waals surface area contributed by atoms with Gasteiger partial charge >= 0.3 is 0 Å². The molecule has 1 rings (SSSR count). The maximum absolute atomic E-state index is 5.35. The highest BCUT2D eigenvalue weighted by Gasteiger charge is 2.06. The van der Waals surface area contributed by atoms with Crippen molar-refractivity contribution >= 4 is 27.6 Å². The third-order valence-electron chi connectivity index (χ3n) is 2.10. The highest BCUT2D eigenvalue weighted by atomic mass is 79.9. The van der Waals surface area contributed by atoms with Crippen molar-refractivity contribution in [2.45, 2.75) is 6.92 Å². The fourth-order valence-electron chi connectivity index (χ4n) is 1.27. The van der Waals surface area contributed by atoms with Crippen molar-refractivity contribution in [3.8, 4) is 0 Å². The standard InChI is InChI=1S/C11H19BrN4O2/c1-3-13-10-9(12)11(16-8-15-10)14-4-5-18-7-6-17-2/h8H,3-7H2,1-2H3,(H2,13,14,15,16). The molecule has 7 heteroatoms. The molecule has 6 nitrogen and oxygen atoms in total. The van der Waals surface area contributed by atoms with Crippen LogP contribution in [0.5, 0.6) is 0 Å². The molecule has 2 N–H and O–H groups in total. The Bertz CT molecular complexity index is 352. The number of anilines is 2. The minimum absolute atomic E-state index is 0.603. The zero-order chi connectivity index (χ0) is 13.2. The SMILES string of the molecule is CCNc1ncnc(NCCOCCOC)c1Br. The largest absolute Gasteiger partial charge is 0.382 e. The summed E-state index contributed by atoms with van der Waals surface area (Å²) in [7, 11) is 1.65. The lowest BCUT2D eigenvalue weighted by molar-refractivity contribution is 0.0759. The van der Waals surface area contributed by atoms with Crippen LogP contribution in [0, 0.1) is 0 Å². The molecule has 0 saturated heterocycles. The fraction of sp³-hybridized carbons (Fsp3) is 0.636. The molecule has 0 aromatic carbocycles. The van der Waals surface area contributed by atoms with Crippen LogP contribution in [0.15, 0.2) is 10.8 Å².